The molecule has 0 spiro atoms. The first-order chi connectivity index (χ1) is 7.51. The predicted octanol–water partition coefficient (Wildman–Crippen LogP) is -0.582. The molecule has 7 heteroatoms. The third kappa shape index (κ3) is 2.91. The fourth-order valence-corrected chi connectivity index (χ4v) is 1.81. The van der Waals surface area contributed by atoms with E-state index in [4.69, 9.17) is 5.11 Å². The second-order valence-corrected chi connectivity index (χ2v) is 5.09. The number of rotatable bonds is 5. The molecule has 0 saturated carbocycles. The zero-order valence-corrected chi connectivity index (χ0v) is 10.0. The molecule has 6 nitrogen and oxygen atoms in total. The van der Waals surface area contributed by atoms with Gasteiger partial charge in [-0.25, -0.2) is 18.1 Å². The summed E-state index contributed by atoms with van der Waals surface area (Å²) in [6.07, 6.45) is 1.29. The van der Waals surface area contributed by atoms with Crippen molar-refractivity contribution in [2.45, 2.75) is 4.90 Å². The molecule has 0 atom stereocenters. The zero-order chi connectivity index (χ0) is 12.2. The molecule has 0 bridgehead atoms. The number of pyridine rings is 1. The summed E-state index contributed by atoms with van der Waals surface area (Å²) in [6.45, 7) is 0.472. The molecule has 0 unspecified atom stereocenters. The summed E-state index contributed by atoms with van der Waals surface area (Å²) in [7, 11) is -0.316. The van der Waals surface area contributed by atoms with Gasteiger partial charge in [-0.15, -0.1) is 0 Å². The molecule has 1 aromatic rings. The van der Waals surface area contributed by atoms with Crippen LogP contribution >= 0.6 is 0 Å². The van der Waals surface area contributed by atoms with E-state index in [-0.39, 0.29) is 11.5 Å². The highest BCUT2D eigenvalue weighted by Crippen LogP contribution is 2.12. The standard InChI is InChI=1S/C9H15N3O3S/c1-10-16(14,15)8-3-4-9(11-7-8)12(2)5-6-13/h3-4,7,10,13H,5-6H2,1-2H3. The Morgan fingerprint density at radius 1 is 1.50 bits per heavy atom. The smallest absolute Gasteiger partial charge is 0.241 e. The van der Waals surface area contributed by atoms with Gasteiger partial charge in [0.25, 0.3) is 0 Å². The van der Waals surface area contributed by atoms with E-state index in [1.807, 2.05) is 0 Å². The lowest BCUT2D eigenvalue weighted by Crippen LogP contribution is -2.23. The maximum atomic E-state index is 11.4. The number of aliphatic hydroxyl groups is 1. The maximum Gasteiger partial charge on any atom is 0.241 e. The summed E-state index contributed by atoms with van der Waals surface area (Å²) in [6, 6.07) is 3.07. The molecule has 1 aromatic heterocycles. The predicted molar refractivity (Wildman–Crippen MR) is 60.8 cm³/mol. The Balaban J connectivity index is 2.91. The zero-order valence-electron chi connectivity index (χ0n) is 9.21. The van der Waals surface area contributed by atoms with E-state index in [0.29, 0.717) is 12.4 Å². The van der Waals surface area contributed by atoms with Crippen molar-refractivity contribution < 1.29 is 13.5 Å². The lowest BCUT2D eigenvalue weighted by atomic mass is 10.4. The normalized spacial score (nSPS) is 11.4. The van der Waals surface area contributed by atoms with Gasteiger partial charge in [0.15, 0.2) is 0 Å². The third-order valence-corrected chi connectivity index (χ3v) is 3.53. The minimum atomic E-state index is -3.43. The minimum absolute atomic E-state index is 0.0226. The molecule has 1 heterocycles. The average molecular weight is 245 g/mol. The van der Waals surface area contributed by atoms with Crippen molar-refractivity contribution in [3.05, 3.63) is 18.3 Å². The van der Waals surface area contributed by atoms with Gasteiger partial charge in [-0.3, -0.25) is 0 Å². The monoisotopic (exact) mass is 245 g/mol. The van der Waals surface area contributed by atoms with Crippen LogP contribution < -0.4 is 9.62 Å². The number of aromatic nitrogens is 1. The van der Waals surface area contributed by atoms with Crippen LogP contribution in [-0.4, -0.2) is 45.8 Å². The summed E-state index contributed by atoms with van der Waals surface area (Å²) in [4.78, 5) is 5.86. The molecule has 0 aromatic carbocycles. The Bertz CT molecular complexity index is 430. The molecule has 0 aliphatic carbocycles. The van der Waals surface area contributed by atoms with Gasteiger partial charge in [0.1, 0.15) is 10.7 Å². The van der Waals surface area contributed by atoms with Gasteiger partial charge < -0.3 is 10.0 Å². The maximum absolute atomic E-state index is 11.4. The Hall–Kier alpha value is -1.18. The third-order valence-electron chi connectivity index (χ3n) is 2.13. The lowest BCUT2D eigenvalue weighted by Gasteiger charge is -2.16. The Morgan fingerprint density at radius 3 is 2.62 bits per heavy atom. The lowest BCUT2D eigenvalue weighted by molar-refractivity contribution is 0.304. The first-order valence-electron chi connectivity index (χ1n) is 4.73. The first-order valence-corrected chi connectivity index (χ1v) is 6.21. The number of nitrogens with one attached hydrogen (secondary N) is 1. The van der Waals surface area contributed by atoms with E-state index < -0.39 is 10.0 Å². The molecular weight excluding hydrogens is 230 g/mol. The highest BCUT2D eigenvalue weighted by molar-refractivity contribution is 7.89. The summed E-state index contributed by atoms with van der Waals surface area (Å²) in [5.41, 5.74) is 0. The van der Waals surface area contributed by atoms with Gasteiger partial charge in [-0.1, -0.05) is 0 Å². The Morgan fingerprint density at radius 2 is 2.19 bits per heavy atom. The highest BCUT2D eigenvalue weighted by Gasteiger charge is 2.11. The Labute approximate surface area is 95.0 Å². The number of anilines is 1. The van der Waals surface area contributed by atoms with Crippen LogP contribution in [-0.2, 0) is 10.0 Å². The topological polar surface area (TPSA) is 82.5 Å². The number of hydrogen-bond acceptors (Lipinski definition) is 5. The van der Waals surface area contributed by atoms with Crippen LogP contribution in [0.3, 0.4) is 0 Å². The van der Waals surface area contributed by atoms with Gasteiger partial charge in [-0.2, -0.15) is 0 Å². The van der Waals surface area contributed by atoms with E-state index in [1.54, 1.807) is 18.0 Å². The van der Waals surface area contributed by atoms with E-state index >= 15 is 0 Å². The van der Waals surface area contributed by atoms with Crippen LogP contribution in [0.2, 0.25) is 0 Å². The molecule has 1 rings (SSSR count). The van der Waals surface area contributed by atoms with Crippen LogP contribution in [0.4, 0.5) is 5.82 Å². The van der Waals surface area contributed by atoms with E-state index in [0.717, 1.165) is 0 Å². The number of sulfonamides is 1. The quantitative estimate of drug-likeness (QED) is 0.725. The highest BCUT2D eigenvalue weighted by atomic mass is 32.2. The molecule has 0 fully saturated rings. The van der Waals surface area contributed by atoms with E-state index in [2.05, 4.69) is 9.71 Å². The number of aliphatic hydroxyl groups excluding tert-OH is 1. The van der Waals surface area contributed by atoms with Gasteiger partial charge in [0.2, 0.25) is 10.0 Å². The van der Waals surface area contributed by atoms with Crippen molar-refractivity contribution in [3.63, 3.8) is 0 Å². The summed E-state index contributed by atoms with van der Waals surface area (Å²) in [5.74, 6) is 0.615. The van der Waals surface area contributed by atoms with Crippen molar-refractivity contribution in [3.8, 4) is 0 Å². The minimum Gasteiger partial charge on any atom is -0.395 e. The number of hydrogen-bond donors (Lipinski definition) is 2. The van der Waals surface area contributed by atoms with E-state index in [1.165, 1.54) is 19.3 Å². The second kappa shape index (κ2) is 5.24. The first kappa shape index (κ1) is 12.9. The van der Waals surface area contributed by atoms with Crippen molar-refractivity contribution >= 4 is 15.8 Å². The average Bonchev–Trinajstić information content (AvgIpc) is 2.29. The van der Waals surface area contributed by atoms with Crippen LogP contribution in [0.15, 0.2) is 23.2 Å². The van der Waals surface area contributed by atoms with Crippen molar-refractivity contribution in [2.75, 3.05) is 32.1 Å². The van der Waals surface area contributed by atoms with Gasteiger partial charge in [0.05, 0.1) is 6.61 Å². The largest absolute Gasteiger partial charge is 0.395 e. The van der Waals surface area contributed by atoms with Crippen LogP contribution in [0, 0.1) is 0 Å². The van der Waals surface area contributed by atoms with Crippen LogP contribution in [0.5, 0.6) is 0 Å². The van der Waals surface area contributed by atoms with Crippen LogP contribution in [0.1, 0.15) is 0 Å². The number of nitrogens with zero attached hydrogens (tertiary/aromatic N) is 2. The number of likely N-dealkylation sites (N-methyl/N-ethyl adjacent to an activating group) is 1. The SMILES string of the molecule is CNS(=O)(=O)c1ccc(N(C)CCO)nc1. The summed E-state index contributed by atoms with van der Waals surface area (Å²) >= 11 is 0. The van der Waals surface area contributed by atoms with Crippen molar-refractivity contribution in [2.24, 2.45) is 0 Å². The molecular formula is C9H15N3O3S. The van der Waals surface area contributed by atoms with Gasteiger partial charge in [0, 0.05) is 19.8 Å². The summed E-state index contributed by atoms with van der Waals surface area (Å²) in [5, 5.41) is 8.74. The second-order valence-electron chi connectivity index (χ2n) is 3.20. The molecule has 0 aliphatic heterocycles. The van der Waals surface area contributed by atoms with Gasteiger partial charge in [-0.05, 0) is 19.2 Å². The molecule has 0 amide bonds. The van der Waals surface area contributed by atoms with Gasteiger partial charge >= 0.3 is 0 Å². The fourth-order valence-electron chi connectivity index (χ4n) is 1.14. The van der Waals surface area contributed by atoms with E-state index in [9.17, 15) is 8.42 Å². The molecule has 0 aliphatic rings. The van der Waals surface area contributed by atoms with Crippen LogP contribution in [0.25, 0.3) is 0 Å². The Kier molecular flexibility index (Phi) is 4.22. The molecule has 0 radical (unpaired) electrons. The summed E-state index contributed by atoms with van der Waals surface area (Å²) < 4.78 is 25.0. The van der Waals surface area contributed by atoms with Crippen molar-refractivity contribution in [1.29, 1.82) is 0 Å². The molecule has 0 saturated heterocycles. The fraction of sp³-hybridized carbons (Fsp3) is 0.444. The van der Waals surface area contributed by atoms with Crippen molar-refractivity contribution in [1.82, 2.24) is 9.71 Å². The molecule has 90 valence electrons. The molecule has 16 heavy (non-hydrogen) atoms. The molecule has 2 N–H and O–H groups in total.